The monoisotopic (exact) mass is 513 g/mol. The second kappa shape index (κ2) is 15.3. The van der Waals surface area contributed by atoms with Crippen LogP contribution >= 0.6 is 11.6 Å². The van der Waals surface area contributed by atoms with E-state index in [0.717, 1.165) is 18.4 Å². The van der Waals surface area contributed by atoms with Crippen molar-refractivity contribution in [2.24, 2.45) is 5.41 Å². The van der Waals surface area contributed by atoms with E-state index in [2.05, 4.69) is 27.7 Å². The summed E-state index contributed by atoms with van der Waals surface area (Å²) in [5.74, 6) is 0.280. The van der Waals surface area contributed by atoms with Crippen LogP contribution in [-0.2, 0) is 10.2 Å². The molecule has 1 atom stereocenters. The molecule has 0 aromatic heterocycles. The van der Waals surface area contributed by atoms with Crippen molar-refractivity contribution >= 4 is 23.3 Å². The van der Waals surface area contributed by atoms with Crippen LogP contribution in [0.2, 0.25) is 5.02 Å². The fourth-order valence-electron chi connectivity index (χ4n) is 5.23. The number of rotatable bonds is 16. The highest BCUT2D eigenvalue weighted by molar-refractivity contribution is 6.34. The molecule has 1 unspecified atom stereocenters. The zero-order valence-electron chi connectivity index (χ0n) is 23.1. The van der Waals surface area contributed by atoms with Gasteiger partial charge >= 0.3 is 5.97 Å². The van der Waals surface area contributed by atoms with Crippen LogP contribution in [0.25, 0.3) is 0 Å². The third kappa shape index (κ3) is 8.54. The van der Waals surface area contributed by atoms with Gasteiger partial charge in [-0.15, -0.1) is 0 Å². The second-order valence-corrected chi connectivity index (χ2v) is 11.6. The minimum absolute atomic E-state index is 0.267. The lowest BCUT2D eigenvalue weighted by molar-refractivity contribution is -0.146. The molecule has 0 aliphatic carbocycles. The number of nitrogens with two attached hydrogens (primary N) is 1. The standard InChI is InChI=1S/C32H48ClNO2/c1-5-6-7-8-9-10-11-12-13-14-15-19-25-32(31(2,3)4,27-23-20-24-28(34)29(27)33)30(35)36-26-21-17-16-18-22-26/h16-18,20-24H,5-15,19,25,34H2,1-4H3. The van der Waals surface area contributed by atoms with E-state index >= 15 is 0 Å². The SMILES string of the molecule is CCCCCCCCCCCCCCC(C(=O)Oc1ccccc1)(c1cccc(N)c1Cl)C(C)(C)C. The molecule has 2 aromatic carbocycles. The molecule has 0 spiro atoms. The first-order chi connectivity index (χ1) is 17.2. The topological polar surface area (TPSA) is 52.3 Å². The van der Waals surface area contributed by atoms with Gasteiger partial charge in [-0.25, -0.2) is 0 Å². The highest BCUT2D eigenvalue weighted by atomic mass is 35.5. The molecule has 2 rings (SSSR count). The lowest BCUT2D eigenvalue weighted by Crippen LogP contribution is -2.49. The number of carbonyl (C=O) groups is 1. The van der Waals surface area contributed by atoms with E-state index in [-0.39, 0.29) is 5.97 Å². The number of hydrogen-bond acceptors (Lipinski definition) is 3. The number of hydrogen-bond donors (Lipinski definition) is 1. The molecule has 0 amide bonds. The van der Waals surface area contributed by atoms with Crippen molar-refractivity contribution < 1.29 is 9.53 Å². The molecule has 0 bridgehead atoms. The third-order valence-corrected chi connectivity index (χ3v) is 7.90. The Bertz CT molecular complexity index is 906. The van der Waals surface area contributed by atoms with Gasteiger partial charge in [0.1, 0.15) is 5.75 Å². The van der Waals surface area contributed by atoms with Crippen LogP contribution in [-0.4, -0.2) is 5.97 Å². The van der Waals surface area contributed by atoms with Crippen LogP contribution in [0.1, 0.15) is 117 Å². The summed E-state index contributed by atoms with van der Waals surface area (Å²) in [4.78, 5) is 14.0. The van der Waals surface area contributed by atoms with Crippen LogP contribution in [0.15, 0.2) is 48.5 Å². The summed E-state index contributed by atoms with van der Waals surface area (Å²) in [5, 5.41) is 0.455. The number of benzene rings is 2. The molecule has 4 heteroatoms. The normalized spacial score (nSPS) is 13.4. The van der Waals surface area contributed by atoms with Crippen LogP contribution in [0, 0.1) is 5.41 Å². The minimum atomic E-state index is -0.909. The quantitative estimate of drug-likeness (QED) is 0.105. The Morgan fingerprint density at radius 1 is 0.778 bits per heavy atom. The Labute approximate surface area is 225 Å². The number of halogens is 1. The highest BCUT2D eigenvalue weighted by Gasteiger charge is 2.52. The molecule has 2 N–H and O–H groups in total. The van der Waals surface area contributed by atoms with Crippen LogP contribution in [0.4, 0.5) is 5.69 Å². The number of para-hydroxylation sites is 1. The van der Waals surface area contributed by atoms with Gasteiger partial charge in [0.15, 0.2) is 0 Å². The number of unbranched alkanes of at least 4 members (excludes halogenated alkanes) is 11. The van der Waals surface area contributed by atoms with Gasteiger partial charge < -0.3 is 10.5 Å². The summed E-state index contributed by atoms with van der Waals surface area (Å²) in [5.41, 5.74) is 6.12. The molecule has 0 aliphatic rings. The van der Waals surface area contributed by atoms with Crippen molar-refractivity contribution in [2.45, 2.75) is 117 Å². The summed E-state index contributed by atoms with van der Waals surface area (Å²) in [7, 11) is 0. The number of anilines is 1. The number of esters is 1. The van der Waals surface area contributed by atoms with Gasteiger partial charge in [-0.05, 0) is 35.6 Å². The van der Waals surface area contributed by atoms with Crippen molar-refractivity contribution in [3.63, 3.8) is 0 Å². The summed E-state index contributed by atoms with van der Waals surface area (Å²) in [6, 6.07) is 14.9. The van der Waals surface area contributed by atoms with Crippen LogP contribution in [0.3, 0.4) is 0 Å². The maximum atomic E-state index is 14.0. The third-order valence-electron chi connectivity index (χ3n) is 7.48. The summed E-state index contributed by atoms with van der Waals surface area (Å²) < 4.78 is 5.97. The zero-order valence-corrected chi connectivity index (χ0v) is 23.8. The van der Waals surface area contributed by atoms with Crippen molar-refractivity contribution in [3.05, 3.63) is 59.1 Å². The van der Waals surface area contributed by atoms with Crippen molar-refractivity contribution in [3.8, 4) is 5.75 Å². The Kier molecular flexibility index (Phi) is 12.8. The van der Waals surface area contributed by atoms with Crippen LogP contribution in [0.5, 0.6) is 5.75 Å². The van der Waals surface area contributed by atoms with E-state index in [0.29, 0.717) is 22.9 Å². The Morgan fingerprint density at radius 3 is 1.83 bits per heavy atom. The largest absolute Gasteiger partial charge is 0.426 e. The van der Waals surface area contributed by atoms with E-state index in [9.17, 15) is 4.79 Å². The maximum Gasteiger partial charge on any atom is 0.322 e. The lowest BCUT2D eigenvalue weighted by atomic mass is 9.60. The first-order valence-electron chi connectivity index (χ1n) is 14.1. The molecule has 0 fully saturated rings. The highest BCUT2D eigenvalue weighted by Crippen LogP contribution is 2.50. The van der Waals surface area contributed by atoms with E-state index in [4.69, 9.17) is 22.1 Å². The summed E-state index contributed by atoms with van der Waals surface area (Å²) in [6.07, 6.45) is 16.0. The number of ether oxygens (including phenoxy) is 1. The number of carbonyl (C=O) groups excluding carboxylic acids is 1. The minimum Gasteiger partial charge on any atom is -0.426 e. The molecule has 0 radical (unpaired) electrons. The van der Waals surface area contributed by atoms with Gasteiger partial charge in [0.2, 0.25) is 0 Å². The van der Waals surface area contributed by atoms with Crippen molar-refractivity contribution in [1.29, 1.82) is 0 Å². The fourth-order valence-corrected chi connectivity index (χ4v) is 5.51. The molecule has 200 valence electrons. The first-order valence-corrected chi connectivity index (χ1v) is 14.4. The predicted octanol–water partition coefficient (Wildman–Crippen LogP) is 9.90. The second-order valence-electron chi connectivity index (χ2n) is 11.2. The smallest absolute Gasteiger partial charge is 0.322 e. The molecule has 0 heterocycles. The molecule has 2 aromatic rings. The molecule has 0 saturated heterocycles. The van der Waals surface area contributed by atoms with Crippen molar-refractivity contribution in [1.82, 2.24) is 0 Å². The summed E-state index contributed by atoms with van der Waals surface area (Å²) >= 11 is 6.75. The molecule has 3 nitrogen and oxygen atoms in total. The average molecular weight is 514 g/mol. The van der Waals surface area contributed by atoms with Gasteiger partial charge in [-0.1, -0.05) is 147 Å². The Hall–Kier alpha value is -2.00. The van der Waals surface area contributed by atoms with E-state index in [1.54, 1.807) is 6.07 Å². The molecule has 0 aliphatic heterocycles. The number of nitrogen functional groups attached to an aromatic ring is 1. The van der Waals surface area contributed by atoms with Gasteiger partial charge in [-0.2, -0.15) is 0 Å². The Morgan fingerprint density at radius 2 is 1.31 bits per heavy atom. The molecular formula is C32H48ClNO2. The Balaban J connectivity index is 2.06. The predicted molar refractivity (Wildman–Crippen MR) is 155 cm³/mol. The van der Waals surface area contributed by atoms with Gasteiger partial charge in [0.25, 0.3) is 0 Å². The van der Waals surface area contributed by atoms with Gasteiger partial charge in [-0.3, -0.25) is 4.79 Å². The van der Waals surface area contributed by atoms with Gasteiger partial charge in [0, 0.05) is 0 Å². The molecular weight excluding hydrogens is 466 g/mol. The van der Waals surface area contributed by atoms with E-state index < -0.39 is 10.8 Å². The van der Waals surface area contributed by atoms with E-state index in [1.807, 2.05) is 42.5 Å². The summed E-state index contributed by atoms with van der Waals surface area (Å²) in [6.45, 7) is 8.56. The average Bonchev–Trinajstić information content (AvgIpc) is 2.84. The lowest BCUT2D eigenvalue weighted by Gasteiger charge is -2.43. The first kappa shape index (κ1) is 30.2. The fraction of sp³-hybridized carbons (Fsp3) is 0.594. The molecule has 0 saturated carbocycles. The zero-order chi connectivity index (χ0) is 26.4. The van der Waals surface area contributed by atoms with Crippen molar-refractivity contribution in [2.75, 3.05) is 5.73 Å². The van der Waals surface area contributed by atoms with E-state index in [1.165, 1.54) is 64.2 Å². The van der Waals surface area contributed by atoms with Crippen LogP contribution < -0.4 is 10.5 Å². The van der Waals surface area contributed by atoms with Gasteiger partial charge in [0.05, 0.1) is 16.1 Å². The maximum absolute atomic E-state index is 14.0. The molecule has 36 heavy (non-hydrogen) atoms.